The van der Waals surface area contributed by atoms with E-state index in [-0.39, 0.29) is 0 Å². The number of hydrogen-bond acceptors (Lipinski definition) is 1. The fourth-order valence-corrected chi connectivity index (χ4v) is 4.96. The van der Waals surface area contributed by atoms with E-state index < -0.39 is 0 Å². The third-order valence-electron chi connectivity index (χ3n) is 5.73. The average molecular weight is 251 g/mol. The maximum absolute atomic E-state index is 3.89. The second-order valence-electron chi connectivity index (χ2n) is 7.44. The fraction of sp³-hybridized carbons (Fsp3) is 1.00. The van der Waals surface area contributed by atoms with Gasteiger partial charge in [0.1, 0.15) is 0 Å². The predicted molar refractivity (Wildman–Crippen MR) is 79.6 cm³/mol. The van der Waals surface area contributed by atoms with Crippen molar-refractivity contribution in [1.29, 1.82) is 0 Å². The summed E-state index contributed by atoms with van der Waals surface area (Å²) >= 11 is 0. The monoisotopic (exact) mass is 251 g/mol. The number of rotatable bonds is 3. The molecule has 0 amide bonds. The van der Waals surface area contributed by atoms with E-state index in [1.54, 1.807) is 0 Å². The van der Waals surface area contributed by atoms with Gasteiger partial charge in [-0.25, -0.2) is 0 Å². The summed E-state index contributed by atoms with van der Waals surface area (Å²) in [4.78, 5) is 0. The Balaban J connectivity index is 2.23. The molecule has 106 valence electrons. The molecule has 1 nitrogen and oxygen atoms in total. The highest BCUT2D eigenvalue weighted by Gasteiger charge is 2.45. The molecule has 0 aromatic heterocycles. The Morgan fingerprint density at radius 1 is 1.06 bits per heavy atom. The summed E-state index contributed by atoms with van der Waals surface area (Å²) in [7, 11) is 0. The Morgan fingerprint density at radius 3 is 2.33 bits per heavy atom. The Kier molecular flexibility index (Phi) is 4.75. The van der Waals surface area contributed by atoms with E-state index in [0.717, 1.165) is 41.5 Å². The van der Waals surface area contributed by atoms with Crippen molar-refractivity contribution in [2.75, 3.05) is 6.54 Å². The molecule has 1 N–H and O–H groups in total. The van der Waals surface area contributed by atoms with Crippen LogP contribution in [0, 0.1) is 35.5 Å². The predicted octanol–water partition coefficient (Wildman–Crippen LogP) is 4.33. The highest BCUT2D eigenvalue weighted by molar-refractivity contribution is 4.98. The molecule has 2 rings (SSSR count). The lowest BCUT2D eigenvalue weighted by atomic mass is 9.58. The van der Waals surface area contributed by atoms with Gasteiger partial charge in [0.15, 0.2) is 0 Å². The summed E-state index contributed by atoms with van der Waals surface area (Å²) < 4.78 is 0. The number of fused-ring (bicyclic) bond motifs is 1. The molecule has 1 heteroatoms. The smallest absolute Gasteiger partial charge is 0.0124 e. The van der Waals surface area contributed by atoms with Gasteiger partial charge in [-0.15, -0.1) is 0 Å². The first-order valence-electron chi connectivity index (χ1n) is 8.29. The zero-order valence-electron chi connectivity index (χ0n) is 13.1. The lowest BCUT2D eigenvalue weighted by Crippen LogP contribution is -2.57. The Morgan fingerprint density at radius 2 is 1.78 bits per heavy atom. The van der Waals surface area contributed by atoms with Gasteiger partial charge in [0.2, 0.25) is 0 Å². The first-order chi connectivity index (χ1) is 8.56. The third kappa shape index (κ3) is 2.61. The Labute approximate surface area is 114 Å². The van der Waals surface area contributed by atoms with E-state index >= 15 is 0 Å². The quantitative estimate of drug-likeness (QED) is 0.787. The summed E-state index contributed by atoms with van der Waals surface area (Å²) in [6.07, 6.45) is 5.83. The molecule has 1 aliphatic carbocycles. The topological polar surface area (TPSA) is 12.0 Å². The van der Waals surface area contributed by atoms with Crippen LogP contribution in [0.1, 0.15) is 60.3 Å². The van der Waals surface area contributed by atoms with Crippen LogP contribution in [-0.4, -0.2) is 12.6 Å². The molecular weight excluding hydrogens is 218 g/mol. The first kappa shape index (κ1) is 14.4. The van der Waals surface area contributed by atoms with Gasteiger partial charge in [-0.3, -0.25) is 0 Å². The SMILES string of the molecule is CCC1CCCC2CNC(C(C)C)C(C(C)C)C12. The molecule has 2 fully saturated rings. The van der Waals surface area contributed by atoms with E-state index in [0.29, 0.717) is 0 Å². The minimum Gasteiger partial charge on any atom is -0.313 e. The maximum atomic E-state index is 3.89. The molecule has 18 heavy (non-hydrogen) atoms. The van der Waals surface area contributed by atoms with Crippen LogP contribution >= 0.6 is 0 Å². The van der Waals surface area contributed by atoms with Gasteiger partial charge in [0.25, 0.3) is 0 Å². The van der Waals surface area contributed by atoms with Crippen LogP contribution in [0.15, 0.2) is 0 Å². The largest absolute Gasteiger partial charge is 0.313 e. The molecular formula is C17H33N. The van der Waals surface area contributed by atoms with Crippen LogP contribution in [-0.2, 0) is 0 Å². The molecule has 0 radical (unpaired) electrons. The molecule has 1 heterocycles. The molecule has 1 saturated carbocycles. The number of hydrogen-bond donors (Lipinski definition) is 1. The van der Waals surface area contributed by atoms with E-state index in [4.69, 9.17) is 0 Å². The third-order valence-corrected chi connectivity index (χ3v) is 5.73. The van der Waals surface area contributed by atoms with Crippen LogP contribution in [0.25, 0.3) is 0 Å². The second kappa shape index (κ2) is 5.94. The van der Waals surface area contributed by atoms with Crippen molar-refractivity contribution < 1.29 is 0 Å². The minimum absolute atomic E-state index is 0.749. The molecule has 0 bridgehead atoms. The molecule has 1 aliphatic heterocycles. The summed E-state index contributed by atoms with van der Waals surface area (Å²) in [5.41, 5.74) is 0. The number of piperidine rings is 1. The summed E-state index contributed by atoms with van der Waals surface area (Å²) in [5.74, 6) is 5.46. The van der Waals surface area contributed by atoms with Crippen molar-refractivity contribution in [3.63, 3.8) is 0 Å². The van der Waals surface area contributed by atoms with Gasteiger partial charge in [-0.05, 0) is 48.5 Å². The van der Waals surface area contributed by atoms with Crippen molar-refractivity contribution in [2.24, 2.45) is 35.5 Å². The standard InChI is InChI=1S/C17H33N/c1-6-13-8-7-9-14-10-18-17(12(4)5)15(11(2)3)16(13)14/h11-18H,6-10H2,1-5H3. The maximum Gasteiger partial charge on any atom is 0.0124 e. The van der Waals surface area contributed by atoms with Gasteiger partial charge in [0.05, 0.1) is 0 Å². The lowest BCUT2D eigenvalue weighted by molar-refractivity contribution is -0.00562. The minimum atomic E-state index is 0.749. The molecule has 0 aromatic carbocycles. The normalized spacial score (nSPS) is 41.2. The average Bonchev–Trinajstić information content (AvgIpc) is 2.36. The first-order valence-corrected chi connectivity index (χ1v) is 8.29. The van der Waals surface area contributed by atoms with E-state index in [1.165, 1.54) is 32.2 Å². The van der Waals surface area contributed by atoms with Crippen LogP contribution in [0.3, 0.4) is 0 Å². The Bertz CT molecular complexity index is 252. The summed E-state index contributed by atoms with van der Waals surface area (Å²) in [6.45, 7) is 13.4. The van der Waals surface area contributed by atoms with Gasteiger partial charge in [0, 0.05) is 6.04 Å². The molecule has 0 spiro atoms. The zero-order valence-corrected chi connectivity index (χ0v) is 13.1. The van der Waals surface area contributed by atoms with Crippen LogP contribution < -0.4 is 5.32 Å². The van der Waals surface area contributed by atoms with Gasteiger partial charge < -0.3 is 5.32 Å². The van der Waals surface area contributed by atoms with E-state index in [2.05, 4.69) is 39.9 Å². The molecule has 1 saturated heterocycles. The highest BCUT2D eigenvalue weighted by Crippen LogP contribution is 2.47. The van der Waals surface area contributed by atoms with Gasteiger partial charge in [-0.2, -0.15) is 0 Å². The lowest BCUT2D eigenvalue weighted by Gasteiger charge is -2.52. The zero-order chi connectivity index (χ0) is 13.3. The van der Waals surface area contributed by atoms with Gasteiger partial charge >= 0.3 is 0 Å². The number of nitrogens with one attached hydrogen (secondary N) is 1. The Hall–Kier alpha value is -0.0400. The molecule has 5 unspecified atom stereocenters. The van der Waals surface area contributed by atoms with Crippen LogP contribution in [0.4, 0.5) is 0 Å². The van der Waals surface area contributed by atoms with Crippen molar-refractivity contribution in [2.45, 2.75) is 66.3 Å². The van der Waals surface area contributed by atoms with E-state index in [1.807, 2.05) is 0 Å². The van der Waals surface area contributed by atoms with Crippen LogP contribution in [0.2, 0.25) is 0 Å². The molecule has 0 aromatic rings. The van der Waals surface area contributed by atoms with Crippen molar-refractivity contribution in [3.8, 4) is 0 Å². The summed E-state index contributed by atoms with van der Waals surface area (Å²) in [5, 5.41) is 3.89. The van der Waals surface area contributed by atoms with Gasteiger partial charge in [-0.1, -0.05) is 53.9 Å². The van der Waals surface area contributed by atoms with Crippen molar-refractivity contribution in [3.05, 3.63) is 0 Å². The summed E-state index contributed by atoms with van der Waals surface area (Å²) in [6, 6.07) is 0.749. The van der Waals surface area contributed by atoms with Crippen molar-refractivity contribution in [1.82, 2.24) is 5.32 Å². The van der Waals surface area contributed by atoms with Crippen molar-refractivity contribution >= 4 is 0 Å². The van der Waals surface area contributed by atoms with E-state index in [9.17, 15) is 0 Å². The molecule has 5 atom stereocenters. The highest BCUT2D eigenvalue weighted by atomic mass is 15.0. The second-order valence-corrected chi connectivity index (χ2v) is 7.44. The fourth-order valence-electron chi connectivity index (χ4n) is 4.96. The molecule has 2 aliphatic rings. The van der Waals surface area contributed by atoms with Crippen LogP contribution in [0.5, 0.6) is 0 Å².